The number of rotatable bonds is 5. The highest BCUT2D eigenvalue weighted by atomic mass is 35.5. The second-order valence-corrected chi connectivity index (χ2v) is 5.23. The summed E-state index contributed by atoms with van der Waals surface area (Å²) in [5, 5.41) is 0.117. The van der Waals surface area contributed by atoms with E-state index in [1.54, 1.807) is 6.07 Å². The highest BCUT2D eigenvalue weighted by Gasteiger charge is 2.07. The summed E-state index contributed by atoms with van der Waals surface area (Å²) >= 11 is 5.65. The van der Waals surface area contributed by atoms with E-state index in [4.69, 9.17) is 22.1 Å². The summed E-state index contributed by atoms with van der Waals surface area (Å²) in [6.45, 7) is 2.25. The third-order valence-electron chi connectivity index (χ3n) is 2.89. The van der Waals surface area contributed by atoms with Gasteiger partial charge in [-0.15, -0.1) is 0 Å². The molecule has 0 radical (unpaired) electrons. The Morgan fingerprint density at radius 2 is 2.00 bits per heavy atom. The molecule has 0 aromatic heterocycles. The number of ether oxygens (including phenoxy) is 1. The number of hydrogen-bond acceptors (Lipinski definition) is 2. The summed E-state index contributed by atoms with van der Waals surface area (Å²) in [4.78, 5) is 0. The van der Waals surface area contributed by atoms with Gasteiger partial charge < -0.3 is 10.5 Å². The summed E-state index contributed by atoms with van der Waals surface area (Å²) in [7, 11) is 0. The van der Waals surface area contributed by atoms with E-state index in [0.29, 0.717) is 6.61 Å². The van der Waals surface area contributed by atoms with Gasteiger partial charge in [0.2, 0.25) is 0 Å². The topological polar surface area (TPSA) is 35.2 Å². The highest BCUT2D eigenvalue weighted by Crippen LogP contribution is 2.22. The maximum Gasteiger partial charge on any atom is 0.142 e. The van der Waals surface area contributed by atoms with Gasteiger partial charge in [0.25, 0.3) is 0 Å². The van der Waals surface area contributed by atoms with E-state index in [9.17, 15) is 4.39 Å². The summed E-state index contributed by atoms with van der Waals surface area (Å²) < 4.78 is 19.1. The minimum Gasteiger partial charge on any atom is -0.489 e. The van der Waals surface area contributed by atoms with Gasteiger partial charge in [0, 0.05) is 6.04 Å². The first-order valence-electron chi connectivity index (χ1n) is 6.46. The fourth-order valence-electron chi connectivity index (χ4n) is 1.95. The van der Waals surface area contributed by atoms with Crippen LogP contribution in [0.25, 0.3) is 0 Å². The predicted molar refractivity (Wildman–Crippen MR) is 79.5 cm³/mol. The zero-order valence-electron chi connectivity index (χ0n) is 11.3. The highest BCUT2D eigenvalue weighted by molar-refractivity contribution is 6.30. The van der Waals surface area contributed by atoms with E-state index in [2.05, 4.69) is 0 Å². The monoisotopic (exact) mass is 293 g/mol. The number of hydrogen-bond donors (Lipinski definition) is 1. The van der Waals surface area contributed by atoms with Gasteiger partial charge in [-0.1, -0.05) is 35.9 Å². The van der Waals surface area contributed by atoms with Gasteiger partial charge in [0.05, 0.1) is 5.02 Å². The van der Waals surface area contributed by atoms with E-state index in [-0.39, 0.29) is 11.1 Å². The molecule has 0 aliphatic carbocycles. The molecule has 0 heterocycles. The Labute approximate surface area is 123 Å². The fraction of sp³-hybridized carbons (Fsp3) is 0.250. The van der Waals surface area contributed by atoms with Crippen molar-refractivity contribution in [2.24, 2.45) is 5.73 Å². The van der Waals surface area contributed by atoms with Crippen LogP contribution in [0.1, 0.15) is 18.1 Å². The second kappa shape index (κ2) is 6.73. The van der Waals surface area contributed by atoms with Crippen LogP contribution in [0.4, 0.5) is 4.39 Å². The molecule has 0 amide bonds. The van der Waals surface area contributed by atoms with Gasteiger partial charge in [-0.05, 0) is 42.7 Å². The Morgan fingerprint density at radius 3 is 2.70 bits per heavy atom. The maximum atomic E-state index is 13.4. The summed E-state index contributed by atoms with van der Waals surface area (Å²) in [5.74, 6) is 0.344. The SMILES string of the molecule is CC(N)Cc1ccccc1OCc1ccc(Cl)c(F)c1. The zero-order chi connectivity index (χ0) is 14.5. The van der Waals surface area contributed by atoms with Crippen molar-refractivity contribution < 1.29 is 9.13 Å². The van der Waals surface area contributed by atoms with Crippen LogP contribution in [0.5, 0.6) is 5.75 Å². The molecule has 2 aromatic rings. The molecule has 2 rings (SSSR count). The van der Waals surface area contributed by atoms with Crippen LogP contribution in [0.3, 0.4) is 0 Å². The van der Waals surface area contributed by atoms with Crippen LogP contribution in [-0.4, -0.2) is 6.04 Å². The molecule has 2 nitrogen and oxygen atoms in total. The van der Waals surface area contributed by atoms with E-state index in [0.717, 1.165) is 23.3 Å². The standard InChI is InChI=1S/C16H17ClFNO/c1-11(19)8-13-4-2-3-5-16(13)20-10-12-6-7-14(17)15(18)9-12/h2-7,9,11H,8,10,19H2,1H3. The van der Waals surface area contributed by atoms with E-state index >= 15 is 0 Å². The lowest BCUT2D eigenvalue weighted by Crippen LogP contribution is -2.18. The smallest absolute Gasteiger partial charge is 0.142 e. The molecule has 1 atom stereocenters. The third-order valence-corrected chi connectivity index (χ3v) is 3.20. The molecule has 20 heavy (non-hydrogen) atoms. The largest absolute Gasteiger partial charge is 0.489 e. The average molecular weight is 294 g/mol. The van der Waals surface area contributed by atoms with Crippen LogP contribution in [0, 0.1) is 5.82 Å². The molecule has 0 bridgehead atoms. The molecule has 2 N–H and O–H groups in total. The van der Waals surface area contributed by atoms with E-state index in [1.165, 1.54) is 12.1 Å². The van der Waals surface area contributed by atoms with Crippen LogP contribution >= 0.6 is 11.6 Å². The first-order chi connectivity index (χ1) is 9.56. The molecule has 0 fully saturated rings. The Bertz CT molecular complexity index is 586. The second-order valence-electron chi connectivity index (χ2n) is 4.83. The minimum absolute atomic E-state index is 0.0627. The molecule has 0 saturated carbocycles. The molecular formula is C16H17ClFNO. The lowest BCUT2D eigenvalue weighted by atomic mass is 10.1. The Kier molecular flexibility index (Phi) is 4.99. The van der Waals surface area contributed by atoms with Crippen molar-refractivity contribution >= 4 is 11.6 Å². The Hall–Kier alpha value is -1.58. The van der Waals surface area contributed by atoms with Crippen LogP contribution < -0.4 is 10.5 Å². The molecular weight excluding hydrogens is 277 g/mol. The molecule has 0 spiro atoms. The van der Waals surface area contributed by atoms with Gasteiger partial charge in [0.15, 0.2) is 0 Å². The van der Waals surface area contributed by atoms with Gasteiger partial charge in [-0.25, -0.2) is 4.39 Å². The lowest BCUT2D eigenvalue weighted by molar-refractivity contribution is 0.302. The lowest BCUT2D eigenvalue weighted by Gasteiger charge is -2.13. The van der Waals surface area contributed by atoms with Crippen molar-refractivity contribution in [1.29, 1.82) is 0 Å². The molecule has 1 unspecified atom stereocenters. The quantitative estimate of drug-likeness (QED) is 0.906. The van der Waals surface area contributed by atoms with Crippen molar-refractivity contribution in [3.63, 3.8) is 0 Å². The first kappa shape index (κ1) is 14.8. The minimum atomic E-state index is -0.434. The van der Waals surface area contributed by atoms with Crippen molar-refractivity contribution in [1.82, 2.24) is 0 Å². The number of halogens is 2. The average Bonchev–Trinajstić information content (AvgIpc) is 2.41. The van der Waals surface area contributed by atoms with E-state index < -0.39 is 5.82 Å². The molecule has 4 heteroatoms. The van der Waals surface area contributed by atoms with E-state index in [1.807, 2.05) is 31.2 Å². The van der Waals surface area contributed by atoms with Crippen LogP contribution in [-0.2, 0) is 13.0 Å². The Balaban J connectivity index is 2.08. The van der Waals surface area contributed by atoms with Crippen molar-refractivity contribution in [3.8, 4) is 5.75 Å². The number of nitrogens with two attached hydrogens (primary N) is 1. The van der Waals surface area contributed by atoms with Gasteiger partial charge in [-0.3, -0.25) is 0 Å². The molecule has 0 saturated heterocycles. The summed E-state index contributed by atoms with van der Waals surface area (Å²) in [6, 6.07) is 12.5. The van der Waals surface area contributed by atoms with Crippen molar-refractivity contribution in [3.05, 3.63) is 64.4 Å². The number of benzene rings is 2. The normalized spacial score (nSPS) is 12.2. The predicted octanol–water partition coefficient (Wildman–Crippen LogP) is 3.95. The molecule has 0 aliphatic rings. The Morgan fingerprint density at radius 1 is 1.25 bits per heavy atom. The fourth-order valence-corrected chi connectivity index (χ4v) is 2.07. The summed E-state index contributed by atoms with van der Waals surface area (Å²) in [6.07, 6.45) is 0.741. The number of para-hydroxylation sites is 1. The van der Waals surface area contributed by atoms with Crippen molar-refractivity contribution in [2.75, 3.05) is 0 Å². The molecule has 106 valence electrons. The summed E-state index contributed by atoms with van der Waals surface area (Å²) in [5.41, 5.74) is 7.61. The van der Waals surface area contributed by atoms with Crippen LogP contribution in [0.2, 0.25) is 5.02 Å². The van der Waals surface area contributed by atoms with Gasteiger partial charge in [0.1, 0.15) is 18.2 Å². The zero-order valence-corrected chi connectivity index (χ0v) is 12.0. The van der Waals surface area contributed by atoms with Gasteiger partial charge in [-0.2, -0.15) is 0 Å². The maximum absolute atomic E-state index is 13.4. The van der Waals surface area contributed by atoms with Gasteiger partial charge >= 0.3 is 0 Å². The van der Waals surface area contributed by atoms with Crippen molar-refractivity contribution in [2.45, 2.75) is 26.0 Å². The van der Waals surface area contributed by atoms with Crippen LogP contribution in [0.15, 0.2) is 42.5 Å². The first-order valence-corrected chi connectivity index (χ1v) is 6.84. The molecule has 2 aromatic carbocycles. The molecule has 0 aliphatic heterocycles. The third kappa shape index (κ3) is 3.95.